The van der Waals surface area contributed by atoms with Gasteiger partial charge in [-0.15, -0.1) is 0 Å². The number of hydrogen-bond donors (Lipinski definition) is 4. The normalized spacial score (nSPS) is 10.9. The van der Waals surface area contributed by atoms with E-state index in [0.29, 0.717) is 36.1 Å². The zero-order valence-corrected chi connectivity index (χ0v) is 16.4. The first kappa shape index (κ1) is 21.5. The van der Waals surface area contributed by atoms with E-state index in [1.165, 1.54) is 0 Å². The lowest BCUT2D eigenvalue weighted by Gasteiger charge is -2.09. The number of ether oxygens (including phenoxy) is 2. The van der Waals surface area contributed by atoms with E-state index < -0.39 is 5.91 Å². The highest BCUT2D eigenvalue weighted by Gasteiger charge is 2.07. The number of amides is 2. The number of rotatable bonds is 9. The number of nitrogens with one attached hydrogen (secondary N) is 2. The fourth-order valence-corrected chi connectivity index (χ4v) is 2.45. The van der Waals surface area contributed by atoms with Gasteiger partial charge in [0, 0.05) is 12.1 Å². The molecular formula is C20H25N5O4. The van der Waals surface area contributed by atoms with Gasteiger partial charge in [0.15, 0.2) is 17.5 Å². The molecule has 0 spiro atoms. The van der Waals surface area contributed by atoms with Crippen molar-refractivity contribution in [2.24, 2.45) is 16.5 Å². The summed E-state index contributed by atoms with van der Waals surface area (Å²) in [4.78, 5) is 26.9. The molecule has 0 aliphatic carbocycles. The third-order valence-electron chi connectivity index (χ3n) is 3.99. The Morgan fingerprint density at radius 3 is 2.21 bits per heavy atom. The number of primary amides is 1. The van der Waals surface area contributed by atoms with Gasteiger partial charge in [-0.3, -0.25) is 9.59 Å². The van der Waals surface area contributed by atoms with Crippen LogP contribution in [0.15, 0.2) is 47.5 Å². The summed E-state index contributed by atoms with van der Waals surface area (Å²) in [6, 6.07) is 12.4. The number of nitrogens with two attached hydrogens (primary N) is 2. The quantitative estimate of drug-likeness (QED) is 0.358. The van der Waals surface area contributed by atoms with Crippen LogP contribution in [0.25, 0.3) is 0 Å². The van der Waals surface area contributed by atoms with E-state index in [0.717, 1.165) is 11.1 Å². The minimum Gasteiger partial charge on any atom is -0.493 e. The van der Waals surface area contributed by atoms with Crippen LogP contribution < -0.4 is 31.6 Å². The molecule has 0 aliphatic heterocycles. The van der Waals surface area contributed by atoms with E-state index in [-0.39, 0.29) is 12.5 Å². The highest BCUT2D eigenvalue weighted by Crippen LogP contribution is 2.27. The van der Waals surface area contributed by atoms with Crippen LogP contribution in [0.3, 0.4) is 0 Å². The Balaban J connectivity index is 1.87. The Morgan fingerprint density at radius 2 is 1.59 bits per heavy atom. The number of hydrogen-bond acceptors (Lipinski definition) is 5. The maximum Gasteiger partial charge on any atom is 0.251 e. The standard InChI is InChI=1S/C20H25N5O4/c1-28-16-8-5-14(9-17(16)29-2)11-25-20(22)24-10-13-3-6-15(7-4-13)19(27)23-12-18(21)26/h3-9H,10-12H2,1-2H3,(H2,21,26)(H,23,27)(H3,22,24,25). The fraction of sp³-hybridized carbons (Fsp3) is 0.250. The molecule has 2 aromatic rings. The van der Waals surface area contributed by atoms with Crippen LogP contribution >= 0.6 is 0 Å². The van der Waals surface area contributed by atoms with Crippen molar-refractivity contribution in [3.8, 4) is 11.5 Å². The van der Waals surface area contributed by atoms with Crippen LogP contribution in [0.2, 0.25) is 0 Å². The van der Waals surface area contributed by atoms with E-state index in [1.807, 2.05) is 18.2 Å². The molecule has 0 aliphatic rings. The average molecular weight is 399 g/mol. The van der Waals surface area contributed by atoms with Crippen molar-refractivity contribution in [1.29, 1.82) is 0 Å². The third-order valence-corrected chi connectivity index (χ3v) is 3.99. The Hall–Kier alpha value is -3.75. The van der Waals surface area contributed by atoms with E-state index in [4.69, 9.17) is 20.9 Å². The van der Waals surface area contributed by atoms with Crippen LogP contribution in [-0.4, -0.2) is 38.5 Å². The van der Waals surface area contributed by atoms with Gasteiger partial charge in [-0.2, -0.15) is 0 Å². The van der Waals surface area contributed by atoms with Gasteiger partial charge in [0.1, 0.15) is 0 Å². The predicted molar refractivity (Wildman–Crippen MR) is 110 cm³/mol. The topological polar surface area (TPSA) is 141 Å². The summed E-state index contributed by atoms with van der Waals surface area (Å²) in [5.74, 6) is 0.620. The van der Waals surface area contributed by atoms with Gasteiger partial charge >= 0.3 is 0 Å². The molecule has 154 valence electrons. The Bertz CT molecular complexity index is 881. The lowest BCUT2D eigenvalue weighted by atomic mass is 10.1. The lowest BCUT2D eigenvalue weighted by molar-refractivity contribution is -0.117. The van der Waals surface area contributed by atoms with Crippen LogP contribution in [0.5, 0.6) is 11.5 Å². The minimum atomic E-state index is -0.595. The molecule has 2 rings (SSSR count). The van der Waals surface area contributed by atoms with E-state index in [2.05, 4.69) is 15.6 Å². The number of benzene rings is 2. The van der Waals surface area contributed by atoms with Crippen LogP contribution in [0.4, 0.5) is 0 Å². The molecule has 9 heteroatoms. The first-order chi connectivity index (χ1) is 13.9. The Morgan fingerprint density at radius 1 is 0.931 bits per heavy atom. The number of guanidine groups is 1. The molecular weight excluding hydrogens is 374 g/mol. The lowest BCUT2D eigenvalue weighted by Crippen LogP contribution is -2.33. The molecule has 2 amide bonds. The largest absolute Gasteiger partial charge is 0.493 e. The second-order valence-corrected chi connectivity index (χ2v) is 6.09. The summed E-state index contributed by atoms with van der Waals surface area (Å²) in [6.45, 7) is 0.637. The smallest absolute Gasteiger partial charge is 0.251 e. The fourth-order valence-electron chi connectivity index (χ4n) is 2.45. The first-order valence-corrected chi connectivity index (χ1v) is 8.83. The number of methoxy groups -OCH3 is 2. The molecule has 0 radical (unpaired) electrons. The summed E-state index contributed by atoms with van der Waals surface area (Å²) in [5.41, 5.74) is 13.2. The third kappa shape index (κ3) is 6.73. The molecule has 0 bridgehead atoms. The van der Waals surface area contributed by atoms with Gasteiger partial charge in [0.2, 0.25) is 5.91 Å². The molecule has 0 aromatic heterocycles. The Kier molecular flexibility index (Phi) is 7.84. The molecule has 0 saturated heterocycles. The first-order valence-electron chi connectivity index (χ1n) is 8.83. The minimum absolute atomic E-state index is 0.199. The molecule has 6 N–H and O–H groups in total. The zero-order chi connectivity index (χ0) is 21.2. The number of nitrogens with zero attached hydrogens (tertiary/aromatic N) is 1. The maximum absolute atomic E-state index is 11.8. The molecule has 0 fully saturated rings. The van der Waals surface area contributed by atoms with Crippen molar-refractivity contribution in [3.05, 3.63) is 59.2 Å². The molecule has 0 unspecified atom stereocenters. The molecule has 29 heavy (non-hydrogen) atoms. The summed E-state index contributed by atoms with van der Waals surface area (Å²) in [7, 11) is 3.16. The maximum atomic E-state index is 11.8. The highest BCUT2D eigenvalue weighted by atomic mass is 16.5. The van der Waals surface area contributed by atoms with Gasteiger partial charge in [-0.1, -0.05) is 18.2 Å². The summed E-state index contributed by atoms with van der Waals surface area (Å²) in [6.07, 6.45) is 0. The van der Waals surface area contributed by atoms with Crippen LogP contribution in [0.1, 0.15) is 21.5 Å². The molecule has 9 nitrogen and oxygen atoms in total. The van der Waals surface area contributed by atoms with Gasteiger partial charge < -0.3 is 31.6 Å². The van der Waals surface area contributed by atoms with Crippen molar-refractivity contribution < 1.29 is 19.1 Å². The van der Waals surface area contributed by atoms with Gasteiger partial charge in [-0.25, -0.2) is 4.99 Å². The van der Waals surface area contributed by atoms with Gasteiger partial charge in [0.05, 0.1) is 27.3 Å². The zero-order valence-electron chi connectivity index (χ0n) is 16.4. The van der Waals surface area contributed by atoms with Crippen molar-refractivity contribution in [2.45, 2.75) is 13.1 Å². The van der Waals surface area contributed by atoms with E-state index in [9.17, 15) is 9.59 Å². The second-order valence-electron chi connectivity index (χ2n) is 6.09. The van der Waals surface area contributed by atoms with Crippen molar-refractivity contribution in [3.63, 3.8) is 0 Å². The summed E-state index contributed by atoms with van der Waals surface area (Å²) < 4.78 is 10.5. The van der Waals surface area contributed by atoms with Crippen molar-refractivity contribution in [2.75, 3.05) is 20.8 Å². The molecule has 0 atom stereocenters. The molecule has 0 heterocycles. The SMILES string of the molecule is COc1ccc(CN=C(N)NCc2ccc(C(=O)NCC(N)=O)cc2)cc1OC. The molecule has 0 saturated carbocycles. The van der Waals surface area contributed by atoms with Crippen molar-refractivity contribution in [1.82, 2.24) is 10.6 Å². The van der Waals surface area contributed by atoms with Crippen LogP contribution in [-0.2, 0) is 17.9 Å². The van der Waals surface area contributed by atoms with E-state index >= 15 is 0 Å². The monoisotopic (exact) mass is 399 g/mol. The highest BCUT2D eigenvalue weighted by molar-refractivity contribution is 5.96. The van der Waals surface area contributed by atoms with Gasteiger partial charge in [-0.05, 0) is 35.4 Å². The van der Waals surface area contributed by atoms with E-state index in [1.54, 1.807) is 38.5 Å². The number of carbonyl (C=O) groups excluding carboxylic acids is 2. The second kappa shape index (κ2) is 10.5. The average Bonchev–Trinajstić information content (AvgIpc) is 2.74. The molecule has 2 aromatic carbocycles. The van der Waals surface area contributed by atoms with Crippen LogP contribution in [0, 0.1) is 0 Å². The van der Waals surface area contributed by atoms with Crippen molar-refractivity contribution >= 4 is 17.8 Å². The predicted octanol–water partition coefficient (Wildman–Crippen LogP) is 0.523. The summed E-state index contributed by atoms with van der Waals surface area (Å²) >= 11 is 0. The number of aliphatic imine (C=N–C) groups is 1. The summed E-state index contributed by atoms with van der Waals surface area (Å²) in [5, 5.41) is 5.45. The van der Waals surface area contributed by atoms with Gasteiger partial charge in [0.25, 0.3) is 5.91 Å². The number of carbonyl (C=O) groups is 2. The Labute approximate surface area is 169 Å².